The standard InChI is InChI=1S/C19H18N4O3S/c1-13(17(24)21-22-18(25)15-10-6-3-7-11-15)27-19-23-20-16(26-19)12-14-8-4-2-5-9-14/h2-11,13H,12H2,1H3,(H,21,24)(H,22,25)/t13-/m0/s1. The topological polar surface area (TPSA) is 97.1 Å². The summed E-state index contributed by atoms with van der Waals surface area (Å²) in [6.45, 7) is 1.69. The minimum absolute atomic E-state index is 0.304. The van der Waals surface area contributed by atoms with E-state index in [4.69, 9.17) is 4.42 Å². The normalized spacial score (nSPS) is 11.6. The van der Waals surface area contributed by atoms with Crippen molar-refractivity contribution in [2.24, 2.45) is 0 Å². The van der Waals surface area contributed by atoms with Gasteiger partial charge < -0.3 is 4.42 Å². The first kappa shape index (κ1) is 18.7. The predicted octanol–water partition coefficient (Wildman–Crippen LogP) is 2.60. The molecule has 0 bridgehead atoms. The van der Waals surface area contributed by atoms with E-state index in [0.29, 0.717) is 23.1 Å². The maximum atomic E-state index is 12.1. The molecule has 0 aliphatic heterocycles. The third kappa shape index (κ3) is 5.42. The van der Waals surface area contributed by atoms with Crippen LogP contribution in [0.15, 0.2) is 70.3 Å². The summed E-state index contributed by atoms with van der Waals surface area (Å²) in [7, 11) is 0. The van der Waals surface area contributed by atoms with Crippen LogP contribution in [0.3, 0.4) is 0 Å². The number of nitrogens with zero attached hydrogens (tertiary/aromatic N) is 2. The summed E-state index contributed by atoms with van der Waals surface area (Å²) in [5.74, 6) is -0.273. The first-order chi connectivity index (χ1) is 13.1. The van der Waals surface area contributed by atoms with Gasteiger partial charge in [0.25, 0.3) is 17.0 Å². The second-order valence-corrected chi connectivity index (χ2v) is 6.99. The van der Waals surface area contributed by atoms with Gasteiger partial charge in [-0.2, -0.15) is 0 Å². The molecular formula is C19H18N4O3S. The molecule has 138 valence electrons. The van der Waals surface area contributed by atoms with Gasteiger partial charge in [-0.1, -0.05) is 60.3 Å². The zero-order valence-corrected chi connectivity index (χ0v) is 15.4. The molecule has 1 heterocycles. The molecule has 1 aromatic heterocycles. The quantitative estimate of drug-likeness (QED) is 0.502. The molecule has 0 aliphatic rings. The molecule has 1 atom stereocenters. The van der Waals surface area contributed by atoms with Gasteiger partial charge in [0, 0.05) is 5.56 Å². The average Bonchev–Trinajstić information content (AvgIpc) is 3.14. The first-order valence-corrected chi connectivity index (χ1v) is 9.18. The van der Waals surface area contributed by atoms with Crippen molar-refractivity contribution in [3.8, 4) is 0 Å². The van der Waals surface area contributed by atoms with E-state index >= 15 is 0 Å². The van der Waals surface area contributed by atoms with E-state index in [0.717, 1.165) is 17.3 Å². The monoisotopic (exact) mass is 382 g/mol. The maximum Gasteiger partial charge on any atom is 0.277 e. The summed E-state index contributed by atoms with van der Waals surface area (Å²) in [6, 6.07) is 18.4. The van der Waals surface area contributed by atoms with Gasteiger partial charge in [0.05, 0.1) is 11.7 Å². The molecule has 3 aromatic rings. The van der Waals surface area contributed by atoms with Crippen molar-refractivity contribution in [3.05, 3.63) is 77.7 Å². The van der Waals surface area contributed by atoms with Crippen LogP contribution in [0.25, 0.3) is 0 Å². The Hall–Kier alpha value is -3.13. The summed E-state index contributed by atoms with van der Waals surface area (Å²) >= 11 is 1.13. The molecule has 0 fully saturated rings. The van der Waals surface area contributed by atoms with Crippen molar-refractivity contribution in [2.75, 3.05) is 0 Å². The van der Waals surface area contributed by atoms with Crippen molar-refractivity contribution in [2.45, 2.75) is 23.8 Å². The number of hydrazine groups is 1. The summed E-state index contributed by atoms with van der Waals surface area (Å²) in [6.07, 6.45) is 0.530. The number of hydrogen-bond acceptors (Lipinski definition) is 6. The number of carbonyl (C=O) groups excluding carboxylic acids is 2. The van der Waals surface area contributed by atoms with Gasteiger partial charge in [-0.25, -0.2) is 0 Å². The van der Waals surface area contributed by atoms with Crippen LogP contribution in [0.1, 0.15) is 28.7 Å². The van der Waals surface area contributed by atoms with Crippen molar-refractivity contribution >= 4 is 23.6 Å². The Morgan fingerprint density at radius 1 is 1.00 bits per heavy atom. The van der Waals surface area contributed by atoms with Gasteiger partial charge in [0.15, 0.2) is 0 Å². The molecule has 0 radical (unpaired) electrons. The fourth-order valence-electron chi connectivity index (χ4n) is 2.21. The van der Waals surface area contributed by atoms with Crippen LogP contribution < -0.4 is 10.9 Å². The Kier molecular flexibility index (Phi) is 6.22. The van der Waals surface area contributed by atoms with Crippen LogP contribution in [0.5, 0.6) is 0 Å². The van der Waals surface area contributed by atoms with Crippen LogP contribution in [0.2, 0.25) is 0 Å². The van der Waals surface area contributed by atoms with E-state index in [-0.39, 0.29) is 11.8 Å². The predicted molar refractivity (Wildman–Crippen MR) is 101 cm³/mol. The van der Waals surface area contributed by atoms with Gasteiger partial charge in [-0.05, 0) is 24.6 Å². The van der Waals surface area contributed by atoms with E-state index in [2.05, 4.69) is 21.0 Å². The molecule has 0 saturated heterocycles. The Bertz CT molecular complexity index is 900. The number of rotatable bonds is 6. The van der Waals surface area contributed by atoms with Crippen LogP contribution in [-0.4, -0.2) is 27.3 Å². The third-order valence-electron chi connectivity index (χ3n) is 3.63. The summed E-state index contributed by atoms with van der Waals surface area (Å²) < 4.78 is 5.58. The summed E-state index contributed by atoms with van der Waals surface area (Å²) in [5, 5.41) is 7.74. The number of amides is 2. The molecule has 2 amide bonds. The highest BCUT2D eigenvalue weighted by Crippen LogP contribution is 2.22. The van der Waals surface area contributed by atoms with E-state index in [1.165, 1.54) is 0 Å². The van der Waals surface area contributed by atoms with Crippen LogP contribution >= 0.6 is 11.8 Å². The van der Waals surface area contributed by atoms with Gasteiger partial charge in [-0.3, -0.25) is 20.4 Å². The SMILES string of the molecule is C[C@H](Sc1nnc(Cc2ccccc2)o1)C(=O)NNC(=O)c1ccccc1. The summed E-state index contributed by atoms with van der Waals surface area (Å²) in [5.41, 5.74) is 6.30. The van der Waals surface area contributed by atoms with Crippen molar-refractivity contribution in [3.63, 3.8) is 0 Å². The molecule has 27 heavy (non-hydrogen) atoms. The fourth-order valence-corrected chi connectivity index (χ4v) is 2.91. The molecule has 8 heteroatoms. The van der Waals surface area contributed by atoms with Gasteiger partial charge in [0.2, 0.25) is 5.89 Å². The van der Waals surface area contributed by atoms with Crippen molar-refractivity contribution < 1.29 is 14.0 Å². The molecule has 0 aliphatic carbocycles. The largest absolute Gasteiger partial charge is 0.416 e. The van der Waals surface area contributed by atoms with Crippen molar-refractivity contribution in [1.82, 2.24) is 21.0 Å². The number of aromatic nitrogens is 2. The Morgan fingerprint density at radius 3 is 2.37 bits per heavy atom. The zero-order valence-electron chi connectivity index (χ0n) is 14.6. The fraction of sp³-hybridized carbons (Fsp3) is 0.158. The Morgan fingerprint density at radius 2 is 1.67 bits per heavy atom. The lowest BCUT2D eigenvalue weighted by atomic mass is 10.2. The van der Waals surface area contributed by atoms with Crippen molar-refractivity contribution in [1.29, 1.82) is 0 Å². The minimum atomic E-state index is -0.522. The molecule has 3 rings (SSSR count). The van der Waals surface area contributed by atoms with E-state index in [1.807, 2.05) is 36.4 Å². The van der Waals surface area contributed by atoms with Gasteiger partial charge in [0.1, 0.15) is 0 Å². The van der Waals surface area contributed by atoms with E-state index in [9.17, 15) is 9.59 Å². The molecule has 0 spiro atoms. The second kappa shape index (κ2) is 9.00. The smallest absolute Gasteiger partial charge is 0.277 e. The lowest BCUT2D eigenvalue weighted by molar-refractivity contribution is -0.121. The third-order valence-corrected chi connectivity index (χ3v) is 4.56. The van der Waals surface area contributed by atoms with Crippen LogP contribution in [0.4, 0.5) is 0 Å². The molecule has 7 nitrogen and oxygen atoms in total. The number of nitrogens with one attached hydrogen (secondary N) is 2. The lowest BCUT2D eigenvalue weighted by Crippen LogP contribution is -2.44. The molecule has 2 aromatic carbocycles. The molecule has 0 saturated carbocycles. The minimum Gasteiger partial charge on any atom is -0.416 e. The number of hydrogen-bond donors (Lipinski definition) is 2. The zero-order chi connectivity index (χ0) is 19.1. The Balaban J connectivity index is 1.49. The Labute approximate surface area is 160 Å². The average molecular weight is 382 g/mol. The second-order valence-electron chi connectivity index (χ2n) is 5.69. The first-order valence-electron chi connectivity index (χ1n) is 8.30. The highest BCUT2D eigenvalue weighted by molar-refractivity contribution is 8.00. The summed E-state index contributed by atoms with van der Waals surface area (Å²) in [4.78, 5) is 24.1. The molecule has 0 unspecified atom stereocenters. The molecular weight excluding hydrogens is 364 g/mol. The molecule has 2 N–H and O–H groups in total. The lowest BCUT2D eigenvalue weighted by Gasteiger charge is -2.10. The van der Waals surface area contributed by atoms with E-state index in [1.54, 1.807) is 31.2 Å². The van der Waals surface area contributed by atoms with Gasteiger partial charge >= 0.3 is 0 Å². The number of thioether (sulfide) groups is 1. The van der Waals surface area contributed by atoms with E-state index < -0.39 is 5.25 Å². The number of benzene rings is 2. The number of carbonyl (C=O) groups is 2. The van der Waals surface area contributed by atoms with Gasteiger partial charge in [-0.15, -0.1) is 10.2 Å². The highest BCUT2D eigenvalue weighted by atomic mass is 32.2. The maximum absolute atomic E-state index is 12.1. The van der Waals surface area contributed by atoms with Crippen LogP contribution in [-0.2, 0) is 11.2 Å². The highest BCUT2D eigenvalue weighted by Gasteiger charge is 2.19. The van der Waals surface area contributed by atoms with Crippen LogP contribution in [0, 0.1) is 0 Å².